The van der Waals surface area contributed by atoms with Crippen LogP contribution in [0.5, 0.6) is 5.75 Å². The van der Waals surface area contributed by atoms with Crippen LogP contribution < -0.4 is 4.74 Å². The number of carbonyl (C=O) groups excluding carboxylic acids is 1. The molecule has 0 radical (unpaired) electrons. The molecule has 0 unspecified atom stereocenters. The molecule has 1 saturated heterocycles. The zero-order valence-corrected chi connectivity index (χ0v) is 15.9. The normalized spacial score (nSPS) is 15.1. The van der Waals surface area contributed by atoms with Crippen LogP contribution in [0.2, 0.25) is 0 Å². The number of benzene rings is 2. The summed E-state index contributed by atoms with van der Waals surface area (Å²) in [6.07, 6.45) is 1.87. The molecule has 5 heteroatoms. The summed E-state index contributed by atoms with van der Waals surface area (Å²) >= 11 is 1.59. The first-order valence-corrected chi connectivity index (χ1v) is 10.0. The van der Waals surface area contributed by atoms with Crippen LogP contribution in [0.4, 0.5) is 0 Å². The molecule has 0 aliphatic carbocycles. The van der Waals surface area contributed by atoms with Gasteiger partial charge < -0.3 is 14.7 Å². The van der Waals surface area contributed by atoms with E-state index in [4.69, 9.17) is 9.84 Å². The predicted molar refractivity (Wildman–Crippen MR) is 105 cm³/mol. The number of piperidine rings is 1. The molecular weight excluding hydrogens is 346 g/mol. The zero-order chi connectivity index (χ0) is 18.4. The number of aliphatic hydroxyl groups excluding tert-OH is 1. The Morgan fingerprint density at radius 3 is 2.50 bits per heavy atom. The summed E-state index contributed by atoms with van der Waals surface area (Å²) < 4.78 is 6.11. The number of carbonyl (C=O) groups is 1. The minimum Gasteiger partial charge on any atom is -0.490 e. The van der Waals surface area contributed by atoms with Gasteiger partial charge in [-0.1, -0.05) is 18.2 Å². The largest absolute Gasteiger partial charge is 0.490 e. The van der Waals surface area contributed by atoms with Crippen LogP contribution >= 0.6 is 11.8 Å². The molecule has 0 aromatic heterocycles. The SMILES string of the molecule is Cc1ccccc1OC1CCN(C(=O)c2ccc(SCCO)cc2)CC1. The van der Waals surface area contributed by atoms with Gasteiger partial charge in [0.15, 0.2) is 0 Å². The standard InChI is InChI=1S/C21H25NO3S/c1-16-4-2-3-5-20(16)25-18-10-12-22(13-11-18)21(24)17-6-8-19(9-7-17)26-15-14-23/h2-9,18,23H,10-15H2,1H3. The molecule has 3 rings (SSSR count). The van der Waals surface area contributed by atoms with Crippen LogP contribution in [-0.2, 0) is 0 Å². The summed E-state index contributed by atoms with van der Waals surface area (Å²) in [6.45, 7) is 3.65. The molecule has 1 fully saturated rings. The van der Waals surface area contributed by atoms with E-state index in [2.05, 4.69) is 13.0 Å². The lowest BCUT2D eigenvalue weighted by atomic mass is 10.1. The van der Waals surface area contributed by atoms with Crippen molar-refractivity contribution in [3.63, 3.8) is 0 Å². The number of nitrogens with zero attached hydrogens (tertiary/aromatic N) is 1. The number of ether oxygens (including phenoxy) is 1. The quantitative estimate of drug-likeness (QED) is 0.786. The first-order chi connectivity index (χ1) is 12.7. The summed E-state index contributed by atoms with van der Waals surface area (Å²) in [5.41, 5.74) is 1.86. The fourth-order valence-electron chi connectivity index (χ4n) is 3.08. The molecule has 26 heavy (non-hydrogen) atoms. The number of aryl methyl sites for hydroxylation is 1. The topological polar surface area (TPSA) is 49.8 Å². The highest BCUT2D eigenvalue weighted by atomic mass is 32.2. The van der Waals surface area contributed by atoms with Crippen molar-refractivity contribution in [3.8, 4) is 5.75 Å². The van der Waals surface area contributed by atoms with E-state index in [0.29, 0.717) is 5.75 Å². The Morgan fingerprint density at radius 1 is 1.15 bits per heavy atom. The average molecular weight is 372 g/mol. The van der Waals surface area contributed by atoms with E-state index in [1.165, 1.54) is 0 Å². The maximum atomic E-state index is 12.7. The van der Waals surface area contributed by atoms with Crippen LogP contribution in [0.25, 0.3) is 0 Å². The molecule has 0 atom stereocenters. The van der Waals surface area contributed by atoms with Gasteiger partial charge in [0.05, 0.1) is 6.61 Å². The van der Waals surface area contributed by atoms with E-state index in [-0.39, 0.29) is 18.6 Å². The van der Waals surface area contributed by atoms with Gasteiger partial charge in [0.1, 0.15) is 11.9 Å². The summed E-state index contributed by atoms with van der Waals surface area (Å²) in [5, 5.41) is 8.88. The van der Waals surface area contributed by atoms with Gasteiger partial charge in [0.2, 0.25) is 0 Å². The highest BCUT2D eigenvalue weighted by Gasteiger charge is 2.25. The van der Waals surface area contributed by atoms with Gasteiger partial charge >= 0.3 is 0 Å². The smallest absolute Gasteiger partial charge is 0.253 e. The minimum atomic E-state index is 0.0815. The molecule has 1 aliphatic rings. The van der Waals surface area contributed by atoms with Gasteiger partial charge in [-0.05, 0) is 42.8 Å². The van der Waals surface area contributed by atoms with Gasteiger partial charge in [-0.15, -0.1) is 11.8 Å². The highest BCUT2D eigenvalue weighted by molar-refractivity contribution is 7.99. The zero-order valence-electron chi connectivity index (χ0n) is 15.1. The Morgan fingerprint density at radius 2 is 1.85 bits per heavy atom. The van der Waals surface area contributed by atoms with Crippen molar-refractivity contribution in [3.05, 3.63) is 59.7 Å². The van der Waals surface area contributed by atoms with Crippen LogP contribution in [0.3, 0.4) is 0 Å². The number of amides is 1. The molecule has 0 spiro atoms. The molecule has 4 nitrogen and oxygen atoms in total. The fraction of sp³-hybridized carbons (Fsp3) is 0.381. The van der Waals surface area contributed by atoms with Crippen molar-refractivity contribution in [1.82, 2.24) is 4.90 Å². The number of aliphatic hydroxyl groups is 1. The Hall–Kier alpha value is -1.98. The third kappa shape index (κ3) is 4.80. The second-order valence-electron chi connectivity index (χ2n) is 6.47. The van der Waals surface area contributed by atoms with Crippen LogP contribution in [0, 0.1) is 6.92 Å². The van der Waals surface area contributed by atoms with Gasteiger partial charge in [-0.25, -0.2) is 0 Å². The number of likely N-dealkylation sites (tertiary alicyclic amines) is 1. The molecule has 2 aromatic carbocycles. The van der Waals surface area contributed by atoms with E-state index in [1.807, 2.05) is 47.4 Å². The summed E-state index contributed by atoms with van der Waals surface area (Å²) in [6, 6.07) is 15.7. The molecule has 1 amide bonds. The molecule has 2 aromatic rings. The summed E-state index contributed by atoms with van der Waals surface area (Å²) in [7, 11) is 0. The lowest BCUT2D eigenvalue weighted by molar-refractivity contribution is 0.0594. The van der Waals surface area contributed by atoms with Crippen molar-refractivity contribution in [1.29, 1.82) is 0 Å². The summed E-state index contributed by atoms with van der Waals surface area (Å²) in [4.78, 5) is 15.7. The van der Waals surface area contributed by atoms with Crippen LogP contribution in [0.1, 0.15) is 28.8 Å². The highest BCUT2D eigenvalue weighted by Crippen LogP contribution is 2.24. The first-order valence-electron chi connectivity index (χ1n) is 9.02. The molecule has 1 aliphatic heterocycles. The lowest BCUT2D eigenvalue weighted by Crippen LogP contribution is -2.41. The van der Waals surface area contributed by atoms with Crippen molar-refractivity contribution in [2.75, 3.05) is 25.4 Å². The van der Waals surface area contributed by atoms with Crippen molar-refractivity contribution in [2.45, 2.75) is 30.8 Å². The van der Waals surface area contributed by atoms with E-state index in [9.17, 15) is 4.79 Å². The molecule has 0 saturated carbocycles. The Kier molecular flexibility index (Phi) is 6.58. The van der Waals surface area contributed by atoms with Gasteiger partial charge in [0, 0.05) is 42.1 Å². The fourth-order valence-corrected chi connectivity index (χ4v) is 3.74. The third-order valence-corrected chi connectivity index (χ3v) is 5.57. The Labute approximate surface area is 159 Å². The molecule has 0 bridgehead atoms. The van der Waals surface area contributed by atoms with E-state index in [0.717, 1.165) is 47.7 Å². The molecule has 1 heterocycles. The number of thioether (sulfide) groups is 1. The number of rotatable bonds is 6. The van der Waals surface area contributed by atoms with Crippen molar-refractivity contribution < 1.29 is 14.6 Å². The Bertz CT molecular complexity index is 724. The van der Waals surface area contributed by atoms with E-state index >= 15 is 0 Å². The number of para-hydroxylation sites is 1. The number of hydrogen-bond donors (Lipinski definition) is 1. The van der Waals surface area contributed by atoms with Crippen molar-refractivity contribution in [2.24, 2.45) is 0 Å². The summed E-state index contributed by atoms with van der Waals surface area (Å²) in [5.74, 6) is 1.69. The van der Waals surface area contributed by atoms with Gasteiger partial charge in [-0.3, -0.25) is 4.79 Å². The maximum Gasteiger partial charge on any atom is 0.253 e. The molecule has 138 valence electrons. The van der Waals surface area contributed by atoms with E-state index < -0.39 is 0 Å². The van der Waals surface area contributed by atoms with Gasteiger partial charge in [0.25, 0.3) is 5.91 Å². The second-order valence-corrected chi connectivity index (χ2v) is 7.64. The average Bonchev–Trinajstić information content (AvgIpc) is 2.68. The monoisotopic (exact) mass is 371 g/mol. The third-order valence-electron chi connectivity index (χ3n) is 4.58. The Balaban J connectivity index is 1.52. The molecular formula is C21H25NO3S. The van der Waals surface area contributed by atoms with Gasteiger partial charge in [-0.2, -0.15) is 0 Å². The molecule has 1 N–H and O–H groups in total. The first kappa shape index (κ1) is 18.8. The van der Waals surface area contributed by atoms with Crippen LogP contribution in [-0.4, -0.2) is 47.5 Å². The number of hydrogen-bond acceptors (Lipinski definition) is 4. The minimum absolute atomic E-state index is 0.0815. The van der Waals surface area contributed by atoms with E-state index in [1.54, 1.807) is 11.8 Å². The van der Waals surface area contributed by atoms with Crippen molar-refractivity contribution >= 4 is 17.7 Å². The second kappa shape index (κ2) is 9.10. The van der Waals surface area contributed by atoms with Crippen LogP contribution in [0.15, 0.2) is 53.4 Å². The maximum absolute atomic E-state index is 12.7. The lowest BCUT2D eigenvalue weighted by Gasteiger charge is -2.32. The predicted octanol–water partition coefficient (Wildman–Crippen LogP) is 3.76.